The first-order chi connectivity index (χ1) is 14.8. The summed E-state index contributed by atoms with van der Waals surface area (Å²) in [4.78, 5) is 52.5. The topological polar surface area (TPSA) is 102 Å². The summed E-state index contributed by atoms with van der Waals surface area (Å²) in [7, 11) is 1.49. The van der Waals surface area contributed by atoms with Crippen LogP contribution >= 0.6 is 0 Å². The molecule has 1 aromatic carbocycles. The molecule has 8 nitrogen and oxygen atoms in total. The molecule has 1 aromatic rings. The van der Waals surface area contributed by atoms with Gasteiger partial charge in [-0.1, -0.05) is 26.0 Å². The van der Waals surface area contributed by atoms with E-state index in [1.807, 2.05) is 0 Å². The molecule has 4 rings (SSSR count). The number of carbonyl (C=O) groups is 4. The number of rotatable bonds is 7. The van der Waals surface area contributed by atoms with E-state index in [0.717, 1.165) is 24.2 Å². The molecule has 0 spiro atoms. The van der Waals surface area contributed by atoms with Crippen LogP contribution in [0.25, 0.3) is 0 Å². The van der Waals surface area contributed by atoms with Crippen molar-refractivity contribution >= 4 is 29.4 Å². The summed E-state index contributed by atoms with van der Waals surface area (Å²) in [5.41, 5.74) is 0.458. The van der Waals surface area contributed by atoms with E-state index in [0.29, 0.717) is 11.4 Å². The van der Waals surface area contributed by atoms with Crippen molar-refractivity contribution in [2.24, 2.45) is 29.6 Å². The molecule has 0 aromatic heterocycles. The van der Waals surface area contributed by atoms with Gasteiger partial charge in [0.1, 0.15) is 11.8 Å². The molecular formula is C23H28N2O6. The fraction of sp³-hybridized carbons (Fsp3) is 0.565. The Hall–Kier alpha value is -2.90. The molecule has 2 saturated carbocycles. The zero-order valence-corrected chi connectivity index (χ0v) is 18.0. The minimum absolute atomic E-state index is 0.243. The number of fused-ring (bicyclic) bond motifs is 5. The second-order valence-corrected chi connectivity index (χ2v) is 8.98. The highest BCUT2D eigenvalue weighted by molar-refractivity contribution is 6.08. The van der Waals surface area contributed by atoms with Gasteiger partial charge in [0.05, 0.1) is 24.6 Å². The molecule has 0 radical (unpaired) electrons. The number of ether oxygens (including phenoxy) is 2. The summed E-state index contributed by atoms with van der Waals surface area (Å²) in [6, 6.07) is 5.86. The van der Waals surface area contributed by atoms with Crippen LogP contribution in [0.15, 0.2) is 24.3 Å². The molecule has 3 amide bonds. The van der Waals surface area contributed by atoms with Crippen molar-refractivity contribution in [1.82, 2.24) is 4.90 Å². The van der Waals surface area contributed by atoms with Crippen molar-refractivity contribution in [3.63, 3.8) is 0 Å². The molecule has 31 heavy (non-hydrogen) atoms. The monoisotopic (exact) mass is 428 g/mol. The average molecular weight is 428 g/mol. The Labute approximate surface area is 181 Å². The zero-order valence-electron chi connectivity index (χ0n) is 18.0. The van der Waals surface area contributed by atoms with Crippen LogP contribution in [0.5, 0.6) is 5.75 Å². The molecule has 2 aliphatic carbocycles. The number of para-hydroxylation sites is 2. The Morgan fingerprint density at radius 3 is 2.29 bits per heavy atom. The maximum Gasteiger partial charge on any atom is 0.330 e. The Balaban J connectivity index is 1.42. The van der Waals surface area contributed by atoms with E-state index < -0.39 is 24.5 Å². The second-order valence-electron chi connectivity index (χ2n) is 8.98. The van der Waals surface area contributed by atoms with Gasteiger partial charge in [-0.05, 0) is 49.1 Å². The van der Waals surface area contributed by atoms with Crippen LogP contribution in [-0.2, 0) is 23.9 Å². The highest BCUT2D eigenvalue weighted by Gasteiger charge is 2.62. The summed E-state index contributed by atoms with van der Waals surface area (Å²) >= 11 is 0. The molecule has 3 aliphatic rings. The van der Waals surface area contributed by atoms with E-state index in [4.69, 9.17) is 9.47 Å². The molecular weight excluding hydrogens is 400 g/mol. The molecule has 5 atom stereocenters. The van der Waals surface area contributed by atoms with Crippen molar-refractivity contribution in [2.75, 3.05) is 19.0 Å². The maximum absolute atomic E-state index is 13.1. The minimum atomic E-state index is -1.02. The van der Waals surface area contributed by atoms with E-state index in [1.54, 1.807) is 38.1 Å². The van der Waals surface area contributed by atoms with Gasteiger partial charge in [0, 0.05) is 0 Å². The number of amides is 3. The normalized spacial score (nSPS) is 27.4. The average Bonchev–Trinajstić information content (AvgIpc) is 3.42. The molecule has 0 unspecified atom stereocenters. The Bertz CT molecular complexity index is 885. The van der Waals surface area contributed by atoms with Crippen LogP contribution in [0, 0.1) is 29.6 Å². The van der Waals surface area contributed by atoms with Gasteiger partial charge in [-0.15, -0.1) is 0 Å². The molecule has 8 heteroatoms. The van der Waals surface area contributed by atoms with Crippen molar-refractivity contribution in [1.29, 1.82) is 0 Å². The first kappa shape index (κ1) is 21.3. The predicted octanol–water partition coefficient (Wildman–Crippen LogP) is 2.23. The van der Waals surface area contributed by atoms with E-state index in [9.17, 15) is 19.2 Å². The quantitative estimate of drug-likeness (QED) is 0.528. The first-order valence-electron chi connectivity index (χ1n) is 10.8. The van der Waals surface area contributed by atoms with Crippen LogP contribution in [0.1, 0.15) is 33.1 Å². The van der Waals surface area contributed by atoms with Gasteiger partial charge in [0.2, 0.25) is 11.8 Å². The summed E-state index contributed by atoms with van der Waals surface area (Å²) in [6.45, 7) is 3.02. The van der Waals surface area contributed by atoms with Gasteiger partial charge in [-0.2, -0.15) is 0 Å². The third kappa shape index (κ3) is 3.68. The lowest BCUT2D eigenvalue weighted by molar-refractivity contribution is -0.162. The lowest BCUT2D eigenvalue weighted by Crippen LogP contribution is -2.50. The minimum Gasteiger partial charge on any atom is -0.495 e. The lowest BCUT2D eigenvalue weighted by atomic mass is 9.81. The number of benzene rings is 1. The van der Waals surface area contributed by atoms with E-state index in [1.165, 1.54) is 7.11 Å². The fourth-order valence-electron chi connectivity index (χ4n) is 5.54. The molecule has 1 N–H and O–H groups in total. The molecule has 1 aliphatic heterocycles. The van der Waals surface area contributed by atoms with Gasteiger partial charge >= 0.3 is 5.97 Å². The summed E-state index contributed by atoms with van der Waals surface area (Å²) in [5.74, 6) is -1.73. The summed E-state index contributed by atoms with van der Waals surface area (Å²) in [6.07, 6.45) is 2.87. The van der Waals surface area contributed by atoms with Crippen LogP contribution < -0.4 is 10.1 Å². The number of carbonyl (C=O) groups excluding carboxylic acids is 4. The van der Waals surface area contributed by atoms with Crippen molar-refractivity contribution < 1.29 is 28.7 Å². The number of anilines is 1. The Kier molecular flexibility index (Phi) is 5.73. The number of nitrogens with one attached hydrogen (secondary N) is 1. The van der Waals surface area contributed by atoms with Crippen LogP contribution in [0.4, 0.5) is 5.69 Å². The van der Waals surface area contributed by atoms with Crippen molar-refractivity contribution in [2.45, 2.75) is 39.2 Å². The second kappa shape index (κ2) is 8.32. The molecule has 1 heterocycles. The molecule has 1 saturated heterocycles. The van der Waals surface area contributed by atoms with E-state index in [-0.39, 0.29) is 41.4 Å². The fourth-order valence-corrected chi connectivity index (χ4v) is 5.54. The molecule has 3 fully saturated rings. The number of esters is 1. The first-order valence-corrected chi connectivity index (χ1v) is 10.8. The maximum atomic E-state index is 13.1. The predicted molar refractivity (Wildman–Crippen MR) is 111 cm³/mol. The van der Waals surface area contributed by atoms with Crippen molar-refractivity contribution in [3.8, 4) is 5.75 Å². The number of imide groups is 1. The van der Waals surface area contributed by atoms with Gasteiger partial charge in [0.25, 0.3) is 5.91 Å². The summed E-state index contributed by atoms with van der Waals surface area (Å²) < 4.78 is 10.4. The van der Waals surface area contributed by atoms with Crippen LogP contribution in [0.2, 0.25) is 0 Å². The Morgan fingerprint density at radius 1 is 1.10 bits per heavy atom. The van der Waals surface area contributed by atoms with Gasteiger partial charge < -0.3 is 14.8 Å². The van der Waals surface area contributed by atoms with E-state index in [2.05, 4.69) is 5.32 Å². The number of hydrogen-bond acceptors (Lipinski definition) is 6. The third-order valence-corrected chi connectivity index (χ3v) is 6.84. The molecule has 2 bridgehead atoms. The van der Waals surface area contributed by atoms with Gasteiger partial charge in [-0.3, -0.25) is 19.3 Å². The van der Waals surface area contributed by atoms with Crippen LogP contribution in [-0.4, -0.2) is 48.3 Å². The zero-order chi connectivity index (χ0) is 22.3. The lowest BCUT2D eigenvalue weighted by Gasteiger charge is -2.28. The largest absolute Gasteiger partial charge is 0.495 e. The van der Waals surface area contributed by atoms with Crippen LogP contribution in [0.3, 0.4) is 0 Å². The van der Waals surface area contributed by atoms with Crippen molar-refractivity contribution in [3.05, 3.63) is 24.3 Å². The highest BCUT2D eigenvalue weighted by Crippen LogP contribution is 2.56. The third-order valence-electron chi connectivity index (χ3n) is 6.84. The number of likely N-dealkylation sites (tertiary alicyclic amines) is 1. The smallest absolute Gasteiger partial charge is 0.330 e. The number of methoxy groups -OCH3 is 1. The highest BCUT2D eigenvalue weighted by atomic mass is 16.5. The van der Waals surface area contributed by atoms with Gasteiger partial charge in [0.15, 0.2) is 6.61 Å². The SMILES string of the molecule is COc1ccccc1NC(=O)COC(=O)[C@@H](C(C)C)N1C(=O)[C@@H]2[C@H]3CC[C@@H](C3)[C@@H]2C1=O. The summed E-state index contributed by atoms with van der Waals surface area (Å²) in [5, 5.41) is 2.64. The standard InChI is InChI=1S/C23H28N2O6/c1-12(2)20(25-21(27)18-13-8-9-14(10-13)19(18)22(25)28)23(29)31-11-17(26)24-15-6-4-5-7-16(15)30-3/h4-7,12-14,18-20H,8-11H2,1-3H3,(H,24,26)/t13-,14-,18-,19+,20+/m0/s1. The van der Waals surface area contributed by atoms with Gasteiger partial charge in [-0.25, -0.2) is 4.79 Å². The van der Waals surface area contributed by atoms with E-state index >= 15 is 0 Å². The Morgan fingerprint density at radius 2 is 1.71 bits per heavy atom. The number of nitrogens with zero attached hydrogens (tertiary/aromatic N) is 1. The number of hydrogen-bond donors (Lipinski definition) is 1. The molecule has 166 valence electrons.